The summed E-state index contributed by atoms with van der Waals surface area (Å²) in [5.74, 6) is 1.01. The van der Waals surface area contributed by atoms with Gasteiger partial charge in [0.15, 0.2) is 18.1 Å². The van der Waals surface area contributed by atoms with Crippen LogP contribution >= 0.6 is 0 Å². The summed E-state index contributed by atoms with van der Waals surface area (Å²) in [5.41, 5.74) is 2.63. The van der Waals surface area contributed by atoms with Crippen molar-refractivity contribution < 1.29 is 19.1 Å². The second-order valence-electron chi connectivity index (χ2n) is 5.27. The van der Waals surface area contributed by atoms with Crippen LogP contribution in [0.1, 0.15) is 18.1 Å². The van der Waals surface area contributed by atoms with Crippen LogP contribution in [-0.2, 0) is 9.63 Å². The SMILES string of the molecule is CCOc1ccc(/C=N\OCC(=O)Nc2ccc(C)cc2)cc1OC. The predicted molar refractivity (Wildman–Crippen MR) is 97.5 cm³/mol. The molecule has 0 atom stereocenters. The highest BCUT2D eigenvalue weighted by atomic mass is 16.6. The average molecular weight is 342 g/mol. The van der Waals surface area contributed by atoms with Gasteiger partial charge >= 0.3 is 0 Å². The van der Waals surface area contributed by atoms with Crippen molar-refractivity contribution in [3.63, 3.8) is 0 Å². The van der Waals surface area contributed by atoms with Crippen LogP contribution in [0.4, 0.5) is 5.69 Å². The van der Waals surface area contributed by atoms with E-state index in [0.717, 1.165) is 16.8 Å². The fourth-order valence-electron chi connectivity index (χ4n) is 2.07. The van der Waals surface area contributed by atoms with Gasteiger partial charge in [-0.1, -0.05) is 22.9 Å². The smallest absolute Gasteiger partial charge is 0.265 e. The Morgan fingerprint density at radius 2 is 1.92 bits per heavy atom. The van der Waals surface area contributed by atoms with Crippen molar-refractivity contribution in [3.8, 4) is 11.5 Å². The fraction of sp³-hybridized carbons (Fsp3) is 0.263. The number of aryl methyl sites for hydroxylation is 1. The number of carbonyl (C=O) groups is 1. The Hall–Kier alpha value is -3.02. The molecule has 2 rings (SSSR count). The zero-order chi connectivity index (χ0) is 18.1. The molecule has 2 aromatic carbocycles. The van der Waals surface area contributed by atoms with E-state index in [0.29, 0.717) is 18.1 Å². The number of nitrogens with zero attached hydrogens (tertiary/aromatic N) is 1. The number of amides is 1. The van der Waals surface area contributed by atoms with Gasteiger partial charge in [0, 0.05) is 11.3 Å². The van der Waals surface area contributed by atoms with Gasteiger partial charge in [0.25, 0.3) is 5.91 Å². The summed E-state index contributed by atoms with van der Waals surface area (Å²) < 4.78 is 10.7. The first-order valence-electron chi connectivity index (χ1n) is 7.95. The Balaban J connectivity index is 1.84. The monoisotopic (exact) mass is 342 g/mol. The first-order chi connectivity index (χ1) is 12.1. The van der Waals surface area contributed by atoms with Gasteiger partial charge in [0.05, 0.1) is 19.9 Å². The highest BCUT2D eigenvalue weighted by molar-refractivity contribution is 5.91. The number of anilines is 1. The van der Waals surface area contributed by atoms with Crippen molar-refractivity contribution in [1.29, 1.82) is 0 Å². The molecule has 132 valence electrons. The highest BCUT2D eigenvalue weighted by Gasteiger charge is 2.05. The minimum Gasteiger partial charge on any atom is -0.493 e. The number of oxime groups is 1. The quantitative estimate of drug-likeness (QED) is 0.590. The maximum absolute atomic E-state index is 11.8. The van der Waals surface area contributed by atoms with Gasteiger partial charge in [-0.05, 0) is 44.2 Å². The fourth-order valence-corrected chi connectivity index (χ4v) is 2.07. The molecule has 2 aromatic rings. The van der Waals surface area contributed by atoms with Crippen LogP contribution < -0.4 is 14.8 Å². The lowest BCUT2D eigenvalue weighted by Gasteiger charge is -2.09. The van der Waals surface area contributed by atoms with Gasteiger partial charge in [0.2, 0.25) is 0 Å². The molecule has 25 heavy (non-hydrogen) atoms. The van der Waals surface area contributed by atoms with E-state index in [1.807, 2.05) is 44.2 Å². The molecule has 6 nitrogen and oxygen atoms in total. The molecule has 0 saturated carbocycles. The molecule has 0 fully saturated rings. The lowest BCUT2D eigenvalue weighted by molar-refractivity contribution is -0.120. The first kappa shape index (κ1) is 18.3. The molecule has 0 unspecified atom stereocenters. The summed E-state index contributed by atoms with van der Waals surface area (Å²) in [6, 6.07) is 12.9. The van der Waals surface area contributed by atoms with Gasteiger partial charge in [-0.2, -0.15) is 0 Å². The molecule has 1 N–H and O–H groups in total. The van der Waals surface area contributed by atoms with E-state index in [1.165, 1.54) is 6.21 Å². The lowest BCUT2D eigenvalue weighted by atomic mass is 10.2. The van der Waals surface area contributed by atoms with Crippen molar-refractivity contribution >= 4 is 17.8 Å². The molecule has 0 spiro atoms. The lowest BCUT2D eigenvalue weighted by Crippen LogP contribution is -2.16. The Morgan fingerprint density at radius 1 is 1.16 bits per heavy atom. The summed E-state index contributed by atoms with van der Waals surface area (Å²) in [6.45, 7) is 4.28. The van der Waals surface area contributed by atoms with Gasteiger partial charge < -0.3 is 19.6 Å². The van der Waals surface area contributed by atoms with Gasteiger partial charge in [0.1, 0.15) is 0 Å². The number of methoxy groups -OCH3 is 1. The third-order valence-corrected chi connectivity index (χ3v) is 3.29. The molecular weight excluding hydrogens is 320 g/mol. The maximum atomic E-state index is 11.8. The number of ether oxygens (including phenoxy) is 2. The third kappa shape index (κ3) is 5.84. The van der Waals surface area contributed by atoms with Gasteiger partial charge in [-0.15, -0.1) is 0 Å². The standard InChI is InChI=1S/C19H22N2O4/c1-4-24-17-10-7-15(11-18(17)23-3)12-20-25-13-19(22)21-16-8-5-14(2)6-9-16/h5-12H,4,13H2,1-3H3,(H,21,22)/b20-12-. The molecular formula is C19H22N2O4. The minimum absolute atomic E-state index is 0.168. The third-order valence-electron chi connectivity index (χ3n) is 3.29. The second kappa shape index (κ2) is 9.32. The van der Waals surface area contributed by atoms with Gasteiger partial charge in [-0.3, -0.25) is 4.79 Å². The molecule has 1 amide bonds. The maximum Gasteiger partial charge on any atom is 0.265 e. The Bertz CT molecular complexity index is 727. The second-order valence-corrected chi connectivity index (χ2v) is 5.27. The zero-order valence-electron chi connectivity index (χ0n) is 14.6. The Labute approximate surface area is 147 Å². The number of carbonyl (C=O) groups excluding carboxylic acids is 1. The van der Waals surface area contributed by atoms with Crippen molar-refractivity contribution in [1.82, 2.24) is 0 Å². The van der Waals surface area contributed by atoms with Crippen LogP contribution in [0, 0.1) is 6.92 Å². The Kier molecular flexibility index (Phi) is 6.83. The van der Waals surface area contributed by atoms with Crippen LogP contribution in [0.3, 0.4) is 0 Å². The van der Waals surface area contributed by atoms with Crippen molar-refractivity contribution in [2.45, 2.75) is 13.8 Å². The van der Waals surface area contributed by atoms with Crippen LogP contribution in [0.15, 0.2) is 47.6 Å². The predicted octanol–water partition coefficient (Wildman–Crippen LogP) is 3.39. The van der Waals surface area contributed by atoms with E-state index in [1.54, 1.807) is 19.2 Å². The summed E-state index contributed by atoms with van der Waals surface area (Å²) >= 11 is 0. The van der Waals surface area contributed by atoms with Crippen molar-refractivity contribution in [2.24, 2.45) is 5.16 Å². The molecule has 0 radical (unpaired) electrons. The molecule has 0 aliphatic heterocycles. The Morgan fingerprint density at radius 3 is 2.60 bits per heavy atom. The summed E-state index contributed by atoms with van der Waals surface area (Å²) in [7, 11) is 1.57. The van der Waals surface area contributed by atoms with Crippen LogP contribution in [0.5, 0.6) is 11.5 Å². The molecule has 0 aliphatic carbocycles. The topological polar surface area (TPSA) is 69.2 Å². The molecule has 0 saturated heterocycles. The summed E-state index contributed by atoms with van der Waals surface area (Å²) in [5, 5.41) is 6.54. The normalized spacial score (nSPS) is 10.5. The number of hydrogen-bond acceptors (Lipinski definition) is 5. The zero-order valence-corrected chi connectivity index (χ0v) is 14.6. The molecule has 6 heteroatoms. The number of hydrogen-bond donors (Lipinski definition) is 1. The average Bonchev–Trinajstić information content (AvgIpc) is 2.62. The number of benzene rings is 2. The van der Waals surface area contributed by atoms with Gasteiger partial charge in [-0.25, -0.2) is 0 Å². The van der Waals surface area contributed by atoms with E-state index in [2.05, 4.69) is 10.5 Å². The van der Waals surface area contributed by atoms with Crippen LogP contribution in [0.25, 0.3) is 0 Å². The van der Waals surface area contributed by atoms with Crippen molar-refractivity contribution in [3.05, 3.63) is 53.6 Å². The van der Waals surface area contributed by atoms with E-state index >= 15 is 0 Å². The first-order valence-corrected chi connectivity index (χ1v) is 7.95. The van der Waals surface area contributed by atoms with E-state index in [9.17, 15) is 4.79 Å². The van der Waals surface area contributed by atoms with E-state index in [4.69, 9.17) is 14.3 Å². The van der Waals surface area contributed by atoms with Crippen LogP contribution in [0.2, 0.25) is 0 Å². The molecule has 0 bridgehead atoms. The molecule has 0 heterocycles. The van der Waals surface area contributed by atoms with Crippen LogP contribution in [-0.4, -0.2) is 32.4 Å². The minimum atomic E-state index is -0.273. The molecule has 0 aliphatic rings. The summed E-state index contributed by atoms with van der Waals surface area (Å²) in [4.78, 5) is 16.8. The van der Waals surface area contributed by atoms with E-state index in [-0.39, 0.29) is 12.5 Å². The molecule has 0 aromatic heterocycles. The summed E-state index contributed by atoms with van der Waals surface area (Å²) in [6.07, 6.45) is 1.51. The largest absolute Gasteiger partial charge is 0.493 e. The highest BCUT2D eigenvalue weighted by Crippen LogP contribution is 2.27. The number of rotatable bonds is 8. The number of nitrogens with one attached hydrogen (secondary N) is 1. The van der Waals surface area contributed by atoms with Crippen molar-refractivity contribution in [2.75, 3.05) is 25.6 Å². The van der Waals surface area contributed by atoms with E-state index < -0.39 is 0 Å².